The van der Waals surface area contributed by atoms with Crippen molar-refractivity contribution in [1.82, 2.24) is 5.32 Å². The minimum Gasteiger partial charge on any atom is -0.347 e. The predicted molar refractivity (Wildman–Crippen MR) is 90.7 cm³/mol. The van der Waals surface area contributed by atoms with E-state index in [1.165, 1.54) is 37.8 Å². The third-order valence-corrected chi connectivity index (χ3v) is 4.41. The van der Waals surface area contributed by atoms with Crippen molar-refractivity contribution in [3.8, 4) is 0 Å². The van der Waals surface area contributed by atoms with Gasteiger partial charge in [0, 0.05) is 18.6 Å². The van der Waals surface area contributed by atoms with Crippen LogP contribution in [0.5, 0.6) is 0 Å². The monoisotopic (exact) mass is 333 g/mol. The number of non-ortho nitro benzene ring substituents is 1. The van der Waals surface area contributed by atoms with E-state index in [2.05, 4.69) is 10.6 Å². The number of benzene rings is 1. The lowest BCUT2D eigenvalue weighted by atomic mass is 10.0. The number of rotatable bonds is 7. The van der Waals surface area contributed by atoms with Crippen LogP contribution in [-0.2, 0) is 9.59 Å². The molecule has 2 N–H and O–H groups in total. The van der Waals surface area contributed by atoms with Crippen LogP contribution in [-0.4, -0.2) is 23.3 Å². The molecule has 24 heavy (non-hydrogen) atoms. The Kier molecular flexibility index (Phi) is 6.28. The van der Waals surface area contributed by atoms with Crippen LogP contribution in [0, 0.1) is 23.0 Å². The number of carbonyl (C=O) groups is 2. The highest BCUT2D eigenvalue weighted by atomic mass is 16.6. The van der Waals surface area contributed by atoms with Gasteiger partial charge in [0.05, 0.1) is 17.2 Å². The van der Waals surface area contributed by atoms with E-state index in [4.69, 9.17) is 0 Å². The first-order valence-electron chi connectivity index (χ1n) is 8.27. The van der Waals surface area contributed by atoms with Gasteiger partial charge in [0.15, 0.2) is 0 Å². The standard InChI is InChI=1S/C17H23N3O4/c1-12-6-8-14(20(23)24)10-15(12)19-17(22)11-18-16(21)9-7-13-4-2-3-5-13/h6,8,10,13H,2-5,7,9,11H2,1H3,(H,18,21)(H,19,22). The van der Waals surface area contributed by atoms with Crippen LogP contribution in [0.3, 0.4) is 0 Å². The van der Waals surface area contributed by atoms with Gasteiger partial charge in [-0.1, -0.05) is 31.7 Å². The van der Waals surface area contributed by atoms with E-state index < -0.39 is 10.8 Å². The molecule has 0 saturated heterocycles. The second-order valence-electron chi connectivity index (χ2n) is 6.27. The van der Waals surface area contributed by atoms with E-state index in [0.29, 0.717) is 18.0 Å². The molecule has 0 unspecified atom stereocenters. The SMILES string of the molecule is Cc1ccc([N+](=O)[O-])cc1NC(=O)CNC(=O)CCC1CCCC1. The van der Waals surface area contributed by atoms with Gasteiger partial charge in [-0.15, -0.1) is 0 Å². The topological polar surface area (TPSA) is 101 Å². The zero-order valence-electron chi connectivity index (χ0n) is 13.8. The Morgan fingerprint density at radius 3 is 2.62 bits per heavy atom. The molecule has 0 aromatic heterocycles. The Labute approximate surface area is 141 Å². The van der Waals surface area contributed by atoms with Crippen molar-refractivity contribution >= 4 is 23.2 Å². The van der Waals surface area contributed by atoms with E-state index in [0.717, 1.165) is 12.0 Å². The largest absolute Gasteiger partial charge is 0.347 e. The number of nitro groups is 1. The van der Waals surface area contributed by atoms with Crippen molar-refractivity contribution in [3.63, 3.8) is 0 Å². The van der Waals surface area contributed by atoms with Crippen molar-refractivity contribution < 1.29 is 14.5 Å². The van der Waals surface area contributed by atoms with Crippen LogP contribution >= 0.6 is 0 Å². The molecular formula is C17H23N3O4. The van der Waals surface area contributed by atoms with Gasteiger partial charge in [-0.05, 0) is 24.8 Å². The second-order valence-corrected chi connectivity index (χ2v) is 6.27. The highest BCUT2D eigenvalue weighted by molar-refractivity contribution is 5.95. The van der Waals surface area contributed by atoms with E-state index in [-0.39, 0.29) is 18.1 Å². The van der Waals surface area contributed by atoms with Gasteiger partial charge >= 0.3 is 0 Å². The molecule has 1 aliphatic carbocycles. The summed E-state index contributed by atoms with van der Waals surface area (Å²) in [5.41, 5.74) is 1.02. The summed E-state index contributed by atoms with van der Waals surface area (Å²) in [7, 11) is 0. The van der Waals surface area contributed by atoms with E-state index in [1.54, 1.807) is 13.0 Å². The number of hydrogen-bond acceptors (Lipinski definition) is 4. The van der Waals surface area contributed by atoms with E-state index >= 15 is 0 Å². The van der Waals surface area contributed by atoms with Crippen molar-refractivity contribution in [2.24, 2.45) is 5.92 Å². The molecule has 1 aliphatic rings. The maximum absolute atomic E-state index is 11.9. The molecule has 130 valence electrons. The molecule has 7 heteroatoms. The summed E-state index contributed by atoms with van der Waals surface area (Å²) in [6.07, 6.45) is 6.19. The number of amides is 2. The third-order valence-electron chi connectivity index (χ3n) is 4.41. The van der Waals surface area contributed by atoms with Crippen LogP contribution in [0.2, 0.25) is 0 Å². The number of anilines is 1. The van der Waals surface area contributed by atoms with Gasteiger partial charge in [-0.3, -0.25) is 19.7 Å². The molecule has 1 aromatic rings. The van der Waals surface area contributed by atoms with Crippen molar-refractivity contribution in [1.29, 1.82) is 0 Å². The average Bonchev–Trinajstić information content (AvgIpc) is 3.06. The molecule has 2 rings (SSSR count). The minimum atomic E-state index is -0.514. The summed E-state index contributed by atoms with van der Waals surface area (Å²) in [6, 6.07) is 4.28. The fraction of sp³-hybridized carbons (Fsp3) is 0.529. The summed E-state index contributed by atoms with van der Waals surface area (Å²) in [6.45, 7) is 1.62. The van der Waals surface area contributed by atoms with Crippen LogP contribution in [0.4, 0.5) is 11.4 Å². The van der Waals surface area contributed by atoms with Gasteiger partial charge in [0.1, 0.15) is 0 Å². The predicted octanol–water partition coefficient (Wildman–Crippen LogP) is 2.93. The van der Waals surface area contributed by atoms with Crippen LogP contribution < -0.4 is 10.6 Å². The number of nitrogens with one attached hydrogen (secondary N) is 2. The molecule has 0 bridgehead atoms. The van der Waals surface area contributed by atoms with Crippen molar-refractivity contribution in [3.05, 3.63) is 33.9 Å². The van der Waals surface area contributed by atoms with E-state index in [9.17, 15) is 19.7 Å². The minimum absolute atomic E-state index is 0.0866. The maximum Gasteiger partial charge on any atom is 0.271 e. The number of aryl methyl sites for hydroxylation is 1. The Hall–Kier alpha value is -2.44. The molecule has 2 amide bonds. The summed E-state index contributed by atoms with van der Waals surface area (Å²) in [5, 5.41) is 16.0. The number of carbonyl (C=O) groups excluding carboxylic acids is 2. The lowest BCUT2D eigenvalue weighted by molar-refractivity contribution is -0.384. The highest BCUT2D eigenvalue weighted by Crippen LogP contribution is 2.28. The molecule has 1 aromatic carbocycles. The third kappa shape index (κ3) is 5.33. The van der Waals surface area contributed by atoms with E-state index in [1.807, 2.05) is 0 Å². The van der Waals surface area contributed by atoms with Crippen molar-refractivity contribution in [2.45, 2.75) is 45.4 Å². The van der Waals surface area contributed by atoms with Gasteiger partial charge in [0.2, 0.25) is 11.8 Å². The average molecular weight is 333 g/mol. The molecule has 0 spiro atoms. The molecular weight excluding hydrogens is 310 g/mol. The van der Waals surface area contributed by atoms with Gasteiger partial charge in [-0.25, -0.2) is 0 Å². The molecule has 0 aliphatic heterocycles. The first-order chi connectivity index (χ1) is 11.5. The molecule has 7 nitrogen and oxygen atoms in total. The first kappa shape index (κ1) is 17.9. The molecule has 1 saturated carbocycles. The van der Waals surface area contributed by atoms with Gasteiger partial charge in [0.25, 0.3) is 5.69 Å². The van der Waals surface area contributed by atoms with Crippen molar-refractivity contribution in [2.75, 3.05) is 11.9 Å². The zero-order chi connectivity index (χ0) is 17.5. The van der Waals surface area contributed by atoms with Crippen LogP contribution in [0.25, 0.3) is 0 Å². The molecule has 0 heterocycles. The Morgan fingerprint density at radius 2 is 1.96 bits per heavy atom. The molecule has 1 fully saturated rings. The lowest BCUT2D eigenvalue weighted by Gasteiger charge is -2.10. The summed E-state index contributed by atoms with van der Waals surface area (Å²) in [4.78, 5) is 34.0. The molecule has 0 atom stereocenters. The quantitative estimate of drug-likeness (QED) is 0.591. The second kappa shape index (κ2) is 8.42. The Balaban J connectivity index is 1.77. The number of hydrogen-bond donors (Lipinski definition) is 2. The summed E-state index contributed by atoms with van der Waals surface area (Å²) in [5.74, 6) is 0.109. The fourth-order valence-corrected chi connectivity index (χ4v) is 2.95. The van der Waals surface area contributed by atoms with Crippen LogP contribution in [0.15, 0.2) is 18.2 Å². The summed E-state index contributed by atoms with van der Waals surface area (Å²) < 4.78 is 0. The van der Waals surface area contributed by atoms with Crippen LogP contribution in [0.1, 0.15) is 44.1 Å². The molecule has 0 radical (unpaired) electrons. The zero-order valence-corrected chi connectivity index (χ0v) is 13.8. The fourth-order valence-electron chi connectivity index (χ4n) is 2.95. The number of nitro benzene ring substituents is 1. The van der Waals surface area contributed by atoms with Gasteiger partial charge in [-0.2, -0.15) is 0 Å². The smallest absolute Gasteiger partial charge is 0.271 e. The normalized spacial score (nSPS) is 14.4. The lowest BCUT2D eigenvalue weighted by Crippen LogP contribution is -2.33. The Morgan fingerprint density at radius 1 is 1.25 bits per heavy atom. The maximum atomic E-state index is 11.9. The summed E-state index contributed by atoms with van der Waals surface area (Å²) >= 11 is 0. The number of nitrogens with zero attached hydrogens (tertiary/aromatic N) is 1. The first-order valence-corrected chi connectivity index (χ1v) is 8.27. The Bertz CT molecular complexity index is 624. The highest BCUT2D eigenvalue weighted by Gasteiger charge is 2.16. The van der Waals surface area contributed by atoms with Gasteiger partial charge < -0.3 is 10.6 Å².